The molecular weight excluding hydrogens is 252 g/mol. The van der Waals surface area contributed by atoms with Gasteiger partial charge in [-0.15, -0.1) is 12.4 Å². The van der Waals surface area contributed by atoms with Crippen LogP contribution in [0.2, 0.25) is 0 Å². The summed E-state index contributed by atoms with van der Waals surface area (Å²) in [6.45, 7) is 2.05. The fourth-order valence-electron chi connectivity index (χ4n) is 3.14. The molecule has 2 N–H and O–H groups in total. The molecule has 1 saturated carbocycles. The minimum atomic E-state index is -0.270. The Hall–Kier alpha value is -0.320. The molecule has 1 aliphatic heterocycles. The van der Waals surface area contributed by atoms with E-state index in [2.05, 4.69) is 0 Å². The summed E-state index contributed by atoms with van der Waals surface area (Å²) in [5.74, 6) is 0.230. The minimum absolute atomic E-state index is 0. The fraction of sp³-hybridized carbons (Fsp3) is 0.923. The third-order valence-electron chi connectivity index (χ3n) is 4.25. The second kappa shape index (κ2) is 6.73. The van der Waals surface area contributed by atoms with Gasteiger partial charge < -0.3 is 15.4 Å². The van der Waals surface area contributed by atoms with Crippen molar-refractivity contribution in [2.24, 2.45) is 11.1 Å². The first-order valence-electron chi connectivity index (χ1n) is 6.75. The van der Waals surface area contributed by atoms with Gasteiger partial charge in [0, 0.05) is 26.7 Å². The summed E-state index contributed by atoms with van der Waals surface area (Å²) in [7, 11) is 1.89. The lowest BCUT2D eigenvalue weighted by atomic mass is 9.84. The molecule has 2 fully saturated rings. The van der Waals surface area contributed by atoms with Crippen LogP contribution in [0, 0.1) is 5.41 Å². The highest BCUT2D eigenvalue weighted by Gasteiger charge is 2.41. The van der Waals surface area contributed by atoms with Gasteiger partial charge in [-0.1, -0.05) is 12.8 Å². The topological polar surface area (TPSA) is 55.6 Å². The van der Waals surface area contributed by atoms with Gasteiger partial charge in [0.2, 0.25) is 5.91 Å². The zero-order chi connectivity index (χ0) is 12.3. The van der Waals surface area contributed by atoms with Gasteiger partial charge in [0.05, 0.1) is 11.5 Å². The SMILES string of the molecule is CN(CC1CCCO1)C(=O)C1(CN)CCCC1.Cl. The molecule has 0 radical (unpaired) electrons. The van der Waals surface area contributed by atoms with Crippen molar-refractivity contribution in [3.63, 3.8) is 0 Å². The molecule has 5 heteroatoms. The van der Waals surface area contributed by atoms with E-state index in [1.165, 1.54) is 0 Å². The minimum Gasteiger partial charge on any atom is -0.376 e. The summed E-state index contributed by atoms with van der Waals surface area (Å²) >= 11 is 0. The first kappa shape index (κ1) is 15.7. The van der Waals surface area contributed by atoms with Crippen molar-refractivity contribution < 1.29 is 9.53 Å². The number of hydrogen-bond donors (Lipinski definition) is 1. The van der Waals surface area contributed by atoms with Crippen molar-refractivity contribution in [3.05, 3.63) is 0 Å². The van der Waals surface area contributed by atoms with Gasteiger partial charge >= 0.3 is 0 Å². The zero-order valence-corrected chi connectivity index (χ0v) is 12.0. The predicted molar refractivity (Wildman–Crippen MR) is 73.8 cm³/mol. The van der Waals surface area contributed by atoms with Gasteiger partial charge in [-0.05, 0) is 25.7 Å². The number of amides is 1. The number of halogens is 1. The third-order valence-corrected chi connectivity index (χ3v) is 4.25. The molecule has 1 heterocycles. The van der Waals surface area contributed by atoms with E-state index in [0.29, 0.717) is 6.54 Å². The summed E-state index contributed by atoms with van der Waals surface area (Å²) in [6.07, 6.45) is 6.62. The Morgan fingerprint density at radius 3 is 2.56 bits per heavy atom. The number of nitrogens with zero attached hydrogens (tertiary/aromatic N) is 1. The van der Waals surface area contributed by atoms with Crippen LogP contribution in [0.5, 0.6) is 0 Å². The van der Waals surface area contributed by atoms with E-state index in [4.69, 9.17) is 10.5 Å². The number of likely N-dealkylation sites (N-methyl/N-ethyl adjacent to an activating group) is 1. The Morgan fingerprint density at radius 2 is 2.06 bits per heavy atom. The molecule has 1 saturated heterocycles. The van der Waals surface area contributed by atoms with E-state index in [-0.39, 0.29) is 29.8 Å². The number of carbonyl (C=O) groups is 1. The normalized spacial score (nSPS) is 25.8. The van der Waals surface area contributed by atoms with Crippen molar-refractivity contribution in [1.29, 1.82) is 0 Å². The fourth-order valence-corrected chi connectivity index (χ4v) is 3.14. The summed E-state index contributed by atoms with van der Waals surface area (Å²) in [4.78, 5) is 14.3. The van der Waals surface area contributed by atoms with Crippen molar-refractivity contribution in [1.82, 2.24) is 4.90 Å². The first-order chi connectivity index (χ1) is 8.18. The standard InChI is InChI=1S/C13H24N2O2.ClH/c1-15(9-11-5-4-8-17-11)12(16)13(10-14)6-2-3-7-13;/h11H,2-10,14H2,1H3;1H. The summed E-state index contributed by atoms with van der Waals surface area (Å²) in [5, 5.41) is 0. The molecule has 106 valence electrons. The summed E-state index contributed by atoms with van der Waals surface area (Å²) in [6, 6.07) is 0. The molecule has 0 spiro atoms. The molecule has 2 rings (SSSR count). The van der Waals surface area contributed by atoms with Crippen LogP contribution in [-0.4, -0.2) is 43.7 Å². The van der Waals surface area contributed by atoms with Crippen molar-refractivity contribution in [2.75, 3.05) is 26.7 Å². The van der Waals surface area contributed by atoms with Crippen LogP contribution in [0.4, 0.5) is 0 Å². The Bertz CT molecular complexity index is 274. The van der Waals surface area contributed by atoms with E-state index < -0.39 is 0 Å². The smallest absolute Gasteiger partial charge is 0.229 e. The molecule has 0 bridgehead atoms. The second-order valence-electron chi connectivity index (χ2n) is 5.51. The van der Waals surface area contributed by atoms with E-state index in [9.17, 15) is 4.79 Å². The Labute approximate surface area is 116 Å². The molecule has 1 unspecified atom stereocenters. The van der Waals surface area contributed by atoms with Crippen LogP contribution in [0.25, 0.3) is 0 Å². The molecule has 1 amide bonds. The number of nitrogens with two attached hydrogens (primary N) is 1. The second-order valence-corrected chi connectivity index (χ2v) is 5.51. The maximum absolute atomic E-state index is 12.5. The molecule has 18 heavy (non-hydrogen) atoms. The van der Waals surface area contributed by atoms with E-state index in [1.807, 2.05) is 11.9 Å². The van der Waals surface area contributed by atoms with Gasteiger partial charge in [-0.2, -0.15) is 0 Å². The third kappa shape index (κ3) is 3.16. The Kier molecular flexibility index (Phi) is 5.89. The Morgan fingerprint density at radius 1 is 1.39 bits per heavy atom. The van der Waals surface area contributed by atoms with E-state index in [1.54, 1.807) is 0 Å². The lowest BCUT2D eigenvalue weighted by Gasteiger charge is -2.32. The lowest BCUT2D eigenvalue weighted by Crippen LogP contribution is -2.47. The highest BCUT2D eigenvalue weighted by molar-refractivity contribution is 5.85. The zero-order valence-electron chi connectivity index (χ0n) is 11.2. The van der Waals surface area contributed by atoms with Crippen LogP contribution < -0.4 is 5.73 Å². The van der Waals surface area contributed by atoms with E-state index in [0.717, 1.165) is 51.7 Å². The average Bonchev–Trinajstić information content (AvgIpc) is 2.99. The number of ether oxygens (including phenoxy) is 1. The first-order valence-corrected chi connectivity index (χ1v) is 6.75. The van der Waals surface area contributed by atoms with Gasteiger partial charge in [-0.25, -0.2) is 0 Å². The van der Waals surface area contributed by atoms with Gasteiger partial charge in [-0.3, -0.25) is 4.79 Å². The molecule has 1 atom stereocenters. The van der Waals surface area contributed by atoms with Gasteiger partial charge in [0.15, 0.2) is 0 Å². The quantitative estimate of drug-likeness (QED) is 0.848. The molecule has 2 aliphatic rings. The van der Waals surface area contributed by atoms with E-state index >= 15 is 0 Å². The van der Waals surface area contributed by atoms with Crippen LogP contribution >= 0.6 is 12.4 Å². The monoisotopic (exact) mass is 276 g/mol. The molecule has 0 aromatic rings. The maximum Gasteiger partial charge on any atom is 0.229 e. The maximum atomic E-state index is 12.5. The van der Waals surface area contributed by atoms with Crippen molar-refractivity contribution in [2.45, 2.75) is 44.6 Å². The van der Waals surface area contributed by atoms with Crippen LogP contribution in [0.3, 0.4) is 0 Å². The largest absolute Gasteiger partial charge is 0.376 e. The Balaban J connectivity index is 0.00000162. The predicted octanol–water partition coefficient (Wildman–Crippen LogP) is 1.56. The highest BCUT2D eigenvalue weighted by Crippen LogP contribution is 2.38. The van der Waals surface area contributed by atoms with Crippen molar-refractivity contribution >= 4 is 18.3 Å². The number of rotatable bonds is 4. The molecule has 0 aromatic heterocycles. The highest BCUT2D eigenvalue weighted by atomic mass is 35.5. The summed E-state index contributed by atoms with van der Waals surface area (Å²) in [5.41, 5.74) is 5.57. The van der Waals surface area contributed by atoms with Crippen LogP contribution in [0.1, 0.15) is 38.5 Å². The molecule has 0 aromatic carbocycles. The molecular formula is C13H25ClN2O2. The molecule has 1 aliphatic carbocycles. The number of hydrogen-bond acceptors (Lipinski definition) is 3. The lowest BCUT2D eigenvalue weighted by molar-refractivity contribution is -0.141. The molecule has 4 nitrogen and oxygen atoms in total. The number of carbonyl (C=O) groups excluding carboxylic acids is 1. The van der Waals surface area contributed by atoms with Crippen LogP contribution in [-0.2, 0) is 9.53 Å². The van der Waals surface area contributed by atoms with Gasteiger partial charge in [0.1, 0.15) is 0 Å². The van der Waals surface area contributed by atoms with Crippen molar-refractivity contribution in [3.8, 4) is 0 Å². The summed E-state index contributed by atoms with van der Waals surface area (Å²) < 4.78 is 5.58. The van der Waals surface area contributed by atoms with Crippen LogP contribution in [0.15, 0.2) is 0 Å². The average molecular weight is 277 g/mol. The van der Waals surface area contributed by atoms with Gasteiger partial charge in [0.25, 0.3) is 0 Å².